The first-order chi connectivity index (χ1) is 14.8. The van der Waals surface area contributed by atoms with Gasteiger partial charge in [-0.2, -0.15) is 0 Å². The number of sulfonamides is 1. The molecule has 1 atom stereocenters. The fourth-order valence-corrected chi connectivity index (χ4v) is 4.60. The Labute approximate surface area is 193 Å². The molecule has 1 amide bonds. The molecule has 0 saturated carbocycles. The number of amides is 1. The van der Waals surface area contributed by atoms with Gasteiger partial charge in [0.2, 0.25) is 15.9 Å². The maximum atomic E-state index is 12.5. The standard InChI is InChI=1S/C25H37N3O3S/c1-18(2)24(19-12-14-21(15-13-19)25(3,4)5)27-17-23(29)26-16-20-10-8-9-11-22(20)32(30,31)28(6)7/h8-15,18,24,27H,16-17H2,1-7H3,(H,26,29). The normalized spacial score (nSPS) is 13.4. The molecule has 176 valence electrons. The van der Waals surface area contributed by atoms with Crippen molar-refractivity contribution in [3.63, 3.8) is 0 Å². The lowest BCUT2D eigenvalue weighted by Gasteiger charge is -2.25. The van der Waals surface area contributed by atoms with Gasteiger partial charge in [0.1, 0.15) is 0 Å². The molecule has 7 heteroatoms. The van der Waals surface area contributed by atoms with Gasteiger partial charge in [-0.25, -0.2) is 12.7 Å². The number of hydrogen-bond donors (Lipinski definition) is 2. The van der Waals surface area contributed by atoms with Crippen molar-refractivity contribution < 1.29 is 13.2 Å². The highest BCUT2D eigenvalue weighted by Crippen LogP contribution is 2.26. The van der Waals surface area contributed by atoms with E-state index in [-0.39, 0.29) is 35.3 Å². The number of nitrogens with one attached hydrogen (secondary N) is 2. The molecule has 0 aliphatic carbocycles. The van der Waals surface area contributed by atoms with Gasteiger partial charge in [-0.3, -0.25) is 4.79 Å². The van der Waals surface area contributed by atoms with Gasteiger partial charge in [-0.1, -0.05) is 77.1 Å². The van der Waals surface area contributed by atoms with Crippen LogP contribution in [0, 0.1) is 5.92 Å². The van der Waals surface area contributed by atoms with E-state index in [2.05, 4.69) is 69.5 Å². The Hall–Kier alpha value is -2.22. The van der Waals surface area contributed by atoms with Crippen LogP contribution in [-0.4, -0.2) is 39.3 Å². The number of carbonyl (C=O) groups excluding carboxylic acids is 1. The molecule has 1 unspecified atom stereocenters. The minimum absolute atomic E-state index is 0.0381. The minimum Gasteiger partial charge on any atom is -0.351 e. The Balaban J connectivity index is 2.03. The van der Waals surface area contributed by atoms with Crippen LogP contribution < -0.4 is 10.6 Å². The summed E-state index contributed by atoms with van der Waals surface area (Å²) in [5.74, 6) is 0.119. The van der Waals surface area contributed by atoms with Gasteiger partial charge in [0.05, 0.1) is 11.4 Å². The van der Waals surface area contributed by atoms with Crippen molar-refractivity contribution in [2.24, 2.45) is 5.92 Å². The molecule has 2 N–H and O–H groups in total. The molecular weight excluding hydrogens is 422 g/mol. The molecule has 32 heavy (non-hydrogen) atoms. The lowest BCUT2D eigenvalue weighted by atomic mass is 9.85. The van der Waals surface area contributed by atoms with Crippen LogP contribution in [0.4, 0.5) is 0 Å². The molecule has 0 heterocycles. The van der Waals surface area contributed by atoms with Crippen molar-refractivity contribution in [1.82, 2.24) is 14.9 Å². The van der Waals surface area contributed by atoms with Crippen molar-refractivity contribution in [2.75, 3.05) is 20.6 Å². The first-order valence-corrected chi connectivity index (χ1v) is 12.4. The summed E-state index contributed by atoms with van der Waals surface area (Å²) < 4.78 is 26.2. The molecule has 2 aromatic rings. The van der Waals surface area contributed by atoms with Gasteiger partial charge in [0.25, 0.3) is 0 Å². The predicted molar refractivity (Wildman–Crippen MR) is 130 cm³/mol. The van der Waals surface area contributed by atoms with Crippen LogP contribution >= 0.6 is 0 Å². The van der Waals surface area contributed by atoms with Crippen LogP contribution in [0.2, 0.25) is 0 Å². The third-order valence-corrected chi connectivity index (χ3v) is 7.41. The molecule has 6 nitrogen and oxygen atoms in total. The zero-order valence-electron chi connectivity index (χ0n) is 20.3. The van der Waals surface area contributed by atoms with Crippen molar-refractivity contribution in [2.45, 2.75) is 57.5 Å². The van der Waals surface area contributed by atoms with E-state index in [4.69, 9.17) is 0 Å². The molecule has 0 saturated heterocycles. The molecule has 0 radical (unpaired) electrons. The number of nitrogens with zero attached hydrogens (tertiary/aromatic N) is 1. The van der Waals surface area contributed by atoms with E-state index in [0.717, 1.165) is 5.56 Å². The number of carbonyl (C=O) groups is 1. The quantitative estimate of drug-likeness (QED) is 0.597. The maximum Gasteiger partial charge on any atom is 0.242 e. The summed E-state index contributed by atoms with van der Waals surface area (Å²) in [5, 5.41) is 6.20. The van der Waals surface area contributed by atoms with Crippen molar-refractivity contribution >= 4 is 15.9 Å². The summed E-state index contributed by atoms with van der Waals surface area (Å²) in [6.45, 7) is 11.1. The Bertz CT molecular complexity index is 1010. The third kappa shape index (κ3) is 6.64. The third-order valence-electron chi connectivity index (χ3n) is 5.49. The largest absolute Gasteiger partial charge is 0.351 e. The lowest BCUT2D eigenvalue weighted by Crippen LogP contribution is -2.37. The molecule has 2 rings (SSSR count). The Morgan fingerprint density at radius 2 is 1.59 bits per heavy atom. The summed E-state index contributed by atoms with van der Waals surface area (Å²) >= 11 is 0. The number of rotatable bonds is 9. The number of benzene rings is 2. The first-order valence-electron chi connectivity index (χ1n) is 10.9. The lowest BCUT2D eigenvalue weighted by molar-refractivity contribution is -0.120. The van der Waals surface area contributed by atoms with Crippen LogP contribution in [0.1, 0.15) is 57.4 Å². The van der Waals surface area contributed by atoms with E-state index < -0.39 is 10.0 Å². The average Bonchev–Trinajstić information content (AvgIpc) is 2.72. The Morgan fingerprint density at radius 3 is 2.12 bits per heavy atom. The van der Waals surface area contributed by atoms with Crippen molar-refractivity contribution in [3.05, 3.63) is 65.2 Å². The number of hydrogen-bond acceptors (Lipinski definition) is 4. The van der Waals surface area contributed by atoms with E-state index in [1.54, 1.807) is 24.3 Å². The first kappa shape index (κ1) is 26.0. The summed E-state index contributed by atoms with van der Waals surface area (Å²) in [4.78, 5) is 12.7. The fourth-order valence-electron chi connectivity index (χ4n) is 3.49. The molecule has 0 spiro atoms. The maximum absolute atomic E-state index is 12.5. The van der Waals surface area contributed by atoms with Gasteiger partial charge >= 0.3 is 0 Å². The SMILES string of the molecule is CC(C)C(NCC(=O)NCc1ccccc1S(=O)(=O)N(C)C)c1ccc(C(C)(C)C)cc1. The van der Waals surface area contributed by atoms with Crippen LogP contribution in [0.3, 0.4) is 0 Å². The van der Waals surface area contributed by atoms with E-state index in [1.165, 1.54) is 24.0 Å². The van der Waals surface area contributed by atoms with Crippen LogP contribution in [0.25, 0.3) is 0 Å². The zero-order chi connectivity index (χ0) is 24.1. The minimum atomic E-state index is -3.58. The van der Waals surface area contributed by atoms with E-state index in [1.807, 2.05) is 0 Å². The second-order valence-corrected chi connectivity index (χ2v) is 11.8. The Kier molecular flexibility index (Phi) is 8.62. The molecule has 0 bridgehead atoms. The van der Waals surface area contributed by atoms with Crippen LogP contribution in [-0.2, 0) is 26.8 Å². The molecule has 2 aromatic carbocycles. The van der Waals surface area contributed by atoms with E-state index in [9.17, 15) is 13.2 Å². The molecule has 0 fully saturated rings. The molecule has 0 aromatic heterocycles. The van der Waals surface area contributed by atoms with Gasteiger partial charge in [-0.05, 0) is 34.1 Å². The van der Waals surface area contributed by atoms with Gasteiger partial charge in [-0.15, -0.1) is 0 Å². The highest BCUT2D eigenvalue weighted by molar-refractivity contribution is 7.89. The van der Waals surface area contributed by atoms with Gasteiger partial charge < -0.3 is 10.6 Å². The fraction of sp³-hybridized carbons (Fsp3) is 0.480. The molecule has 0 aliphatic heterocycles. The topological polar surface area (TPSA) is 78.5 Å². The summed E-state index contributed by atoms with van der Waals surface area (Å²) in [6, 6.07) is 15.3. The van der Waals surface area contributed by atoms with Crippen molar-refractivity contribution in [3.8, 4) is 0 Å². The predicted octanol–water partition coefficient (Wildman–Crippen LogP) is 3.84. The smallest absolute Gasteiger partial charge is 0.242 e. The van der Waals surface area contributed by atoms with E-state index >= 15 is 0 Å². The van der Waals surface area contributed by atoms with Gasteiger partial charge in [0.15, 0.2) is 0 Å². The van der Waals surface area contributed by atoms with E-state index in [0.29, 0.717) is 11.5 Å². The Morgan fingerprint density at radius 1 is 1.00 bits per heavy atom. The summed E-state index contributed by atoms with van der Waals surface area (Å²) in [7, 11) is -0.587. The molecule has 0 aliphatic rings. The highest BCUT2D eigenvalue weighted by Gasteiger charge is 2.22. The highest BCUT2D eigenvalue weighted by atomic mass is 32.2. The van der Waals surface area contributed by atoms with Gasteiger partial charge in [0, 0.05) is 26.7 Å². The van der Waals surface area contributed by atoms with Crippen LogP contribution in [0.5, 0.6) is 0 Å². The average molecular weight is 460 g/mol. The summed E-state index contributed by atoms with van der Waals surface area (Å²) in [6.07, 6.45) is 0. The van der Waals surface area contributed by atoms with Crippen LogP contribution in [0.15, 0.2) is 53.4 Å². The second kappa shape index (κ2) is 10.6. The van der Waals surface area contributed by atoms with Crippen molar-refractivity contribution in [1.29, 1.82) is 0 Å². The molecular formula is C25H37N3O3S. The zero-order valence-corrected chi connectivity index (χ0v) is 21.1. The summed E-state index contributed by atoms with van der Waals surface area (Å²) in [5.41, 5.74) is 3.07. The monoisotopic (exact) mass is 459 g/mol. The second-order valence-electron chi connectivity index (χ2n) is 9.65.